The largest absolute Gasteiger partial charge is 0.293 e. The van der Waals surface area contributed by atoms with E-state index in [4.69, 9.17) is 0 Å². The van der Waals surface area contributed by atoms with Crippen LogP contribution in [-0.2, 0) is 45.6 Å². The lowest BCUT2D eigenvalue weighted by Crippen LogP contribution is -2.05. The number of benzene rings is 4. The van der Waals surface area contributed by atoms with Gasteiger partial charge < -0.3 is 0 Å². The van der Waals surface area contributed by atoms with E-state index in [2.05, 4.69) is 51.4 Å². The fraction of sp³-hybridized carbons (Fsp3) is 0.196. The van der Waals surface area contributed by atoms with Crippen LogP contribution in [0.15, 0.2) is 102 Å². The molecule has 0 radical (unpaired) electrons. The summed E-state index contributed by atoms with van der Waals surface area (Å²) in [5, 5.41) is 4.26. The smallest absolute Gasteiger partial charge is 0.177 e. The van der Waals surface area contributed by atoms with Crippen molar-refractivity contribution in [2.75, 3.05) is 0 Å². The Bertz CT molecular complexity index is 2640. The first-order valence-corrected chi connectivity index (χ1v) is 21.0. The van der Waals surface area contributed by atoms with E-state index in [1.54, 1.807) is 4.68 Å². The molecule has 0 aliphatic heterocycles. The second-order valence-electron chi connectivity index (χ2n) is 14.3. The average molecular weight is 868 g/mol. The summed E-state index contributed by atoms with van der Waals surface area (Å²) in [5.74, 6) is -3.22. The molecular weight excluding hydrogens is 833 g/mol. The molecule has 9 rings (SSSR count). The van der Waals surface area contributed by atoms with E-state index in [-0.39, 0.29) is 35.5 Å². The number of halogens is 5. The van der Waals surface area contributed by atoms with Crippen LogP contribution in [0.5, 0.6) is 0 Å². The molecule has 288 valence electrons. The Labute approximate surface area is 344 Å². The number of Topliss-reactive ketones (excluding diaryl/α,β-unsaturated/α-hetero) is 2. The number of aryl methyl sites for hydroxylation is 5. The van der Waals surface area contributed by atoms with Gasteiger partial charge in [-0.3, -0.25) is 14.3 Å². The van der Waals surface area contributed by atoms with Crippen LogP contribution in [0.25, 0.3) is 32.0 Å². The molecule has 0 amide bonds. The Morgan fingerprint density at radius 1 is 0.632 bits per heavy atom. The molecule has 0 saturated heterocycles. The van der Waals surface area contributed by atoms with Gasteiger partial charge in [0.15, 0.2) is 11.6 Å². The average Bonchev–Trinajstić information content (AvgIpc) is 3.89. The van der Waals surface area contributed by atoms with Crippen LogP contribution in [0.4, 0.5) is 17.6 Å². The summed E-state index contributed by atoms with van der Waals surface area (Å²) in [6.07, 6.45) is 9.07. The van der Waals surface area contributed by atoms with Crippen LogP contribution in [0.1, 0.15) is 65.6 Å². The van der Waals surface area contributed by atoms with Crippen LogP contribution in [0.2, 0.25) is 0 Å². The Morgan fingerprint density at radius 2 is 1.11 bits per heavy atom. The van der Waals surface area contributed by atoms with Crippen LogP contribution in [0.3, 0.4) is 0 Å². The zero-order valence-corrected chi connectivity index (χ0v) is 34.0. The SMILES string of the molecule is Cn1cc(-c2ccc3c(c2)-c2sc(C(=O)Cc4c(F)cccc4F)cc2CCC3)cn1.O=C(Cc1c(F)cccc1F)c1cc2c(s1)-c1cc(Br)ccc1CCC2. The molecule has 57 heavy (non-hydrogen) atoms. The summed E-state index contributed by atoms with van der Waals surface area (Å²) in [6, 6.07) is 23.8. The lowest BCUT2D eigenvalue weighted by molar-refractivity contribution is 0.0986. The van der Waals surface area contributed by atoms with Crippen LogP contribution in [0, 0.1) is 23.3 Å². The summed E-state index contributed by atoms with van der Waals surface area (Å²) >= 11 is 6.37. The van der Waals surface area contributed by atoms with E-state index in [1.807, 2.05) is 37.6 Å². The number of carbonyl (C=O) groups is 2. The number of aromatic nitrogens is 2. The molecule has 7 aromatic rings. The first-order chi connectivity index (χ1) is 27.5. The van der Waals surface area contributed by atoms with E-state index >= 15 is 0 Å². The Balaban J connectivity index is 0.000000162. The number of hydrogen-bond acceptors (Lipinski definition) is 5. The highest BCUT2D eigenvalue weighted by Crippen LogP contribution is 2.42. The summed E-state index contributed by atoms with van der Waals surface area (Å²) < 4.78 is 58.5. The van der Waals surface area contributed by atoms with Crippen molar-refractivity contribution in [3.05, 3.63) is 168 Å². The van der Waals surface area contributed by atoms with Crippen molar-refractivity contribution < 1.29 is 27.2 Å². The molecule has 0 saturated carbocycles. The maximum Gasteiger partial charge on any atom is 0.177 e. The molecule has 0 unspecified atom stereocenters. The normalized spacial score (nSPS) is 12.9. The first kappa shape index (κ1) is 38.9. The van der Waals surface area contributed by atoms with Crippen molar-refractivity contribution in [1.82, 2.24) is 9.78 Å². The number of thiophene rings is 2. The van der Waals surface area contributed by atoms with E-state index in [1.165, 1.54) is 70.2 Å². The molecule has 0 bridgehead atoms. The van der Waals surface area contributed by atoms with Gasteiger partial charge in [0.2, 0.25) is 0 Å². The zero-order chi connectivity index (χ0) is 39.8. The zero-order valence-electron chi connectivity index (χ0n) is 30.8. The molecule has 2 aliphatic rings. The molecule has 0 N–H and O–H groups in total. The third-order valence-corrected chi connectivity index (χ3v) is 13.5. The van der Waals surface area contributed by atoms with Gasteiger partial charge >= 0.3 is 0 Å². The third kappa shape index (κ3) is 8.24. The van der Waals surface area contributed by atoms with Crippen molar-refractivity contribution in [3.63, 3.8) is 0 Å². The summed E-state index contributed by atoms with van der Waals surface area (Å²) in [4.78, 5) is 28.8. The van der Waals surface area contributed by atoms with Crippen LogP contribution >= 0.6 is 38.6 Å². The maximum atomic E-state index is 14.0. The summed E-state index contributed by atoms with van der Waals surface area (Å²) in [6.45, 7) is 0. The molecule has 0 fully saturated rings. The molecular formula is C46H35BrF4N2O2S2. The fourth-order valence-electron chi connectivity index (χ4n) is 7.53. The third-order valence-electron chi connectivity index (χ3n) is 10.5. The molecule has 4 nitrogen and oxygen atoms in total. The minimum atomic E-state index is -0.682. The van der Waals surface area contributed by atoms with E-state index in [9.17, 15) is 27.2 Å². The molecule has 0 spiro atoms. The second kappa shape index (κ2) is 16.5. The Morgan fingerprint density at radius 3 is 1.60 bits per heavy atom. The van der Waals surface area contributed by atoms with Crippen LogP contribution in [-0.4, -0.2) is 21.3 Å². The predicted octanol–water partition coefficient (Wildman–Crippen LogP) is 12.4. The lowest BCUT2D eigenvalue weighted by atomic mass is 9.98. The topological polar surface area (TPSA) is 52.0 Å². The fourth-order valence-corrected chi connectivity index (χ4v) is 10.3. The first-order valence-electron chi connectivity index (χ1n) is 18.6. The van der Waals surface area contributed by atoms with E-state index < -0.39 is 23.3 Å². The number of fused-ring (bicyclic) bond motifs is 6. The van der Waals surface area contributed by atoms with Crippen molar-refractivity contribution in [1.29, 1.82) is 0 Å². The second-order valence-corrected chi connectivity index (χ2v) is 17.3. The number of ketones is 2. The molecule has 4 aromatic carbocycles. The van der Waals surface area contributed by atoms with E-state index in [0.717, 1.165) is 86.1 Å². The number of hydrogen-bond donors (Lipinski definition) is 0. The standard InChI is InChI=1S/C25H20F2N2OS.C21H15BrF2OS/c1-29-14-18(13-28-29)16-9-8-15-4-2-5-17-11-24(31-25(17)19(15)10-16)23(30)12-20-21(26)6-3-7-22(20)27;22-14-8-7-12-3-1-4-13-9-20(26-21(13)15(12)10-14)19(25)11-16-17(23)5-2-6-18(16)24/h3,6-11,13-14H,2,4-5,12H2,1H3;2,5-10H,1,3-4,11H2. The monoisotopic (exact) mass is 866 g/mol. The predicted molar refractivity (Wildman–Crippen MR) is 222 cm³/mol. The highest BCUT2D eigenvalue weighted by Gasteiger charge is 2.24. The number of carbonyl (C=O) groups excluding carboxylic acids is 2. The molecule has 3 aromatic heterocycles. The van der Waals surface area contributed by atoms with Gasteiger partial charge in [-0.05, 0) is 132 Å². The number of nitrogens with zero attached hydrogens (tertiary/aromatic N) is 2. The van der Waals surface area contributed by atoms with Crippen molar-refractivity contribution in [3.8, 4) is 32.0 Å². The quantitative estimate of drug-likeness (QED) is 0.118. The minimum Gasteiger partial charge on any atom is -0.293 e. The molecule has 2 aliphatic carbocycles. The van der Waals surface area contributed by atoms with Crippen molar-refractivity contribution >= 4 is 50.2 Å². The lowest BCUT2D eigenvalue weighted by Gasteiger charge is -2.08. The van der Waals surface area contributed by atoms with Gasteiger partial charge in [-0.2, -0.15) is 5.10 Å². The Kier molecular flexibility index (Phi) is 11.2. The molecule has 3 heterocycles. The molecule has 0 atom stereocenters. The summed E-state index contributed by atoms with van der Waals surface area (Å²) in [7, 11) is 1.89. The Hall–Kier alpha value is -4.97. The van der Waals surface area contributed by atoms with Gasteiger partial charge in [0.1, 0.15) is 23.3 Å². The summed E-state index contributed by atoms with van der Waals surface area (Å²) in [5.41, 5.74) is 8.87. The van der Waals surface area contributed by atoms with Gasteiger partial charge in [-0.1, -0.05) is 46.3 Å². The molecule has 11 heteroatoms. The van der Waals surface area contributed by atoms with Crippen molar-refractivity contribution in [2.45, 2.75) is 51.4 Å². The van der Waals surface area contributed by atoms with Gasteiger partial charge in [-0.25, -0.2) is 17.6 Å². The minimum absolute atomic E-state index is 0.163. The van der Waals surface area contributed by atoms with Crippen LogP contribution < -0.4 is 0 Å². The van der Waals surface area contributed by atoms with Crippen molar-refractivity contribution in [2.24, 2.45) is 7.05 Å². The van der Waals surface area contributed by atoms with Gasteiger partial charge in [-0.15, -0.1) is 22.7 Å². The van der Waals surface area contributed by atoms with E-state index in [0.29, 0.717) is 9.75 Å². The highest BCUT2D eigenvalue weighted by atomic mass is 79.9. The van der Waals surface area contributed by atoms with Gasteiger partial charge in [0, 0.05) is 57.0 Å². The number of rotatable bonds is 7. The highest BCUT2D eigenvalue weighted by molar-refractivity contribution is 9.10. The van der Waals surface area contributed by atoms with Gasteiger partial charge in [0.05, 0.1) is 16.0 Å². The maximum absolute atomic E-state index is 14.0. The van der Waals surface area contributed by atoms with Gasteiger partial charge in [0.25, 0.3) is 0 Å².